The number of amides is 3. The molecule has 0 spiro atoms. The van der Waals surface area contributed by atoms with Gasteiger partial charge < -0.3 is 15.1 Å². The Hall–Kier alpha value is -2.57. The zero-order valence-corrected chi connectivity index (χ0v) is 17.0. The van der Waals surface area contributed by atoms with Crippen LogP contribution in [0.15, 0.2) is 18.2 Å². The molecular formula is C21H30N4O3. The average molecular weight is 386 g/mol. The first kappa shape index (κ1) is 20.2. The minimum atomic E-state index is -0.222. The van der Waals surface area contributed by atoms with Crippen LogP contribution in [0.1, 0.15) is 50.4 Å². The summed E-state index contributed by atoms with van der Waals surface area (Å²) in [5, 5.41) is 2.77. The largest absolute Gasteiger partial charge is 0.358 e. The summed E-state index contributed by atoms with van der Waals surface area (Å²) in [5.41, 5.74) is 2.14. The average Bonchev–Trinajstić information content (AvgIpc) is 2.71. The summed E-state index contributed by atoms with van der Waals surface area (Å²) in [6.07, 6.45) is 2.85. The Morgan fingerprint density at radius 3 is 2.57 bits per heavy atom. The highest BCUT2D eigenvalue weighted by atomic mass is 16.2. The quantitative estimate of drug-likeness (QED) is 0.812. The van der Waals surface area contributed by atoms with E-state index in [9.17, 15) is 14.4 Å². The van der Waals surface area contributed by atoms with Gasteiger partial charge in [0, 0.05) is 31.7 Å². The number of likely N-dealkylation sites (N-methyl/N-ethyl adjacent to an activating group) is 1. The van der Waals surface area contributed by atoms with Crippen LogP contribution in [-0.4, -0.2) is 61.4 Å². The van der Waals surface area contributed by atoms with Crippen molar-refractivity contribution in [1.82, 2.24) is 10.2 Å². The van der Waals surface area contributed by atoms with Crippen molar-refractivity contribution in [2.24, 2.45) is 0 Å². The van der Waals surface area contributed by atoms with Gasteiger partial charge in [-0.05, 0) is 58.2 Å². The van der Waals surface area contributed by atoms with Crippen LogP contribution in [0.2, 0.25) is 0 Å². The molecule has 1 fully saturated rings. The molecule has 3 rings (SSSR count). The third-order valence-corrected chi connectivity index (χ3v) is 5.60. The fourth-order valence-electron chi connectivity index (χ4n) is 4.14. The number of nitrogens with one attached hydrogen (secondary N) is 1. The van der Waals surface area contributed by atoms with E-state index in [1.807, 2.05) is 32.9 Å². The number of hydrogen-bond donors (Lipinski definition) is 1. The molecule has 7 heteroatoms. The number of fused-ring (bicyclic) bond motifs is 3. The lowest BCUT2D eigenvalue weighted by molar-refractivity contribution is -0.124. The highest BCUT2D eigenvalue weighted by Crippen LogP contribution is 2.40. The summed E-state index contributed by atoms with van der Waals surface area (Å²) in [7, 11) is 0. The second kappa shape index (κ2) is 8.63. The molecular weight excluding hydrogens is 356 g/mol. The predicted octanol–water partition coefficient (Wildman–Crippen LogP) is 2.01. The van der Waals surface area contributed by atoms with E-state index < -0.39 is 0 Å². The minimum Gasteiger partial charge on any atom is -0.358 e. The summed E-state index contributed by atoms with van der Waals surface area (Å²) >= 11 is 0. The number of carbonyl (C=O) groups is 3. The maximum absolute atomic E-state index is 13.2. The van der Waals surface area contributed by atoms with E-state index in [1.54, 1.807) is 15.9 Å². The molecule has 0 saturated carbocycles. The third kappa shape index (κ3) is 3.70. The van der Waals surface area contributed by atoms with E-state index in [4.69, 9.17) is 0 Å². The van der Waals surface area contributed by atoms with E-state index in [-0.39, 0.29) is 30.3 Å². The first-order chi connectivity index (χ1) is 13.5. The molecule has 1 N–H and O–H groups in total. The Kier molecular flexibility index (Phi) is 6.21. The van der Waals surface area contributed by atoms with E-state index in [1.165, 1.54) is 0 Å². The molecule has 0 radical (unpaired) electrons. The van der Waals surface area contributed by atoms with Gasteiger partial charge in [-0.2, -0.15) is 0 Å². The number of piperidine rings is 1. The third-order valence-electron chi connectivity index (χ3n) is 5.60. The fourth-order valence-corrected chi connectivity index (χ4v) is 4.14. The lowest BCUT2D eigenvalue weighted by Gasteiger charge is -2.45. The maximum Gasteiger partial charge on any atom is 0.253 e. The predicted molar refractivity (Wildman–Crippen MR) is 110 cm³/mol. The van der Waals surface area contributed by atoms with Gasteiger partial charge in [-0.3, -0.25) is 19.3 Å². The Morgan fingerprint density at radius 1 is 1.14 bits per heavy atom. The monoisotopic (exact) mass is 386 g/mol. The fraction of sp³-hybridized carbons (Fsp3) is 0.571. The summed E-state index contributed by atoms with van der Waals surface area (Å²) < 4.78 is 0. The molecule has 1 unspecified atom stereocenters. The summed E-state index contributed by atoms with van der Waals surface area (Å²) in [4.78, 5) is 43.7. The van der Waals surface area contributed by atoms with Crippen molar-refractivity contribution in [3.63, 3.8) is 0 Å². The van der Waals surface area contributed by atoms with E-state index in [0.717, 1.165) is 31.5 Å². The Morgan fingerprint density at radius 2 is 1.89 bits per heavy atom. The van der Waals surface area contributed by atoms with E-state index in [2.05, 4.69) is 10.2 Å². The molecule has 0 aliphatic carbocycles. The molecule has 2 aliphatic rings. The number of hydrogen-bond acceptors (Lipinski definition) is 4. The van der Waals surface area contributed by atoms with Crippen LogP contribution in [0.3, 0.4) is 0 Å². The van der Waals surface area contributed by atoms with Crippen molar-refractivity contribution in [3.8, 4) is 0 Å². The second-order valence-corrected chi connectivity index (χ2v) is 7.26. The molecule has 3 amide bonds. The van der Waals surface area contributed by atoms with E-state index in [0.29, 0.717) is 30.9 Å². The van der Waals surface area contributed by atoms with Crippen molar-refractivity contribution in [1.29, 1.82) is 0 Å². The number of benzene rings is 1. The van der Waals surface area contributed by atoms with E-state index >= 15 is 0 Å². The van der Waals surface area contributed by atoms with Crippen molar-refractivity contribution in [3.05, 3.63) is 23.8 Å². The van der Waals surface area contributed by atoms with Gasteiger partial charge in [0.25, 0.3) is 5.91 Å². The highest BCUT2D eigenvalue weighted by molar-refractivity contribution is 6.09. The minimum absolute atomic E-state index is 0.0209. The van der Waals surface area contributed by atoms with Crippen LogP contribution >= 0.6 is 0 Å². The maximum atomic E-state index is 13.2. The first-order valence-electron chi connectivity index (χ1n) is 10.3. The summed E-state index contributed by atoms with van der Waals surface area (Å²) in [6, 6.07) is 5.32. The molecule has 152 valence electrons. The van der Waals surface area contributed by atoms with Crippen LogP contribution in [-0.2, 0) is 9.59 Å². The van der Waals surface area contributed by atoms with Gasteiger partial charge in [-0.1, -0.05) is 0 Å². The van der Waals surface area contributed by atoms with Crippen LogP contribution in [0.4, 0.5) is 11.4 Å². The smallest absolute Gasteiger partial charge is 0.253 e. The van der Waals surface area contributed by atoms with Crippen LogP contribution in [0, 0.1) is 0 Å². The van der Waals surface area contributed by atoms with Crippen LogP contribution in [0.5, 0.6) is 0 Å². The van der Waals surface area contributed by atoms with Crippen molar-refractivity contribution >= 4 is 29.1 Å². The highest BCUT2D eigenvalue weighted by Gasteiger charge is 2.40. The summed E-state index contributed by atoms with van der Waals surface area (Å²) in [5.74, 6) is -0.295. The molecule has 1 saturated heterocycles. The number of anilines is 2. The zero-order chi connectivity index (χ0) is 20.3. The van der Waals surface area contributed by atoms with Crippen LogP contribution < -0.4 is 15.1 Å². The Balaban J connectivity index is 2.02. The summed E-state index contributed by atoms with van der Waals surface area (Å²) in [6.45, 7) is 8.32. The number of nitrogens with zero attached hydrogens (tertiary/aromatic N) is 3. The molecule has 2 heterocycles. The molecule has 28 heavy (non-hydrogen) atoms. The van der Waals surface area contributed by atoms with Gasteiger partial charge in [0.1, 0.15) is 12.6 Å². The molecule has 2 aliphatic heterocycles. The van der Waals surface area contributed by atoms with Gasteiger partial charge >= 0.3 is 0 Å². The van der Waals surface area contributed by atoms with Crippen molar-refractivity contribution in [2.45, 2.75) is 46.1 Å². The normalized spacial score (nSPS) is 18.4. The topological polar surface area (TPSA) is 73.0 Å². The van der Waals surface area contributed by atoms with Crippen LogP contribution in [0.25, 0.3) is 0 Å². The SMILES string of the molecule is CCNC(=O)CN1C(=O)C2CCCCN2c2ccc(C(=O)N(CC)CC)cc21. The Bertz CT molecular complexity index is 760. The van der Waals surface area contributed by atoms with Gasteiger partial charge in [-0.15, -0.1) is 0 Å². The second-order valence-electron chi connectivity index (χ2n) is 7.26. The molecule has 0 aromatic heterocycles. The number of carbonyl (C=O) groups excluding carboxylic acids is 3. The lowest BCUT2D eigenvalue weighted by Crippen LogP contribution is -2.57. The van der Waals surface area contributed by atoms with Gasteiger partial charge in [0.15, 0.2) is 0 Å². The van der Waals surface area contributed by atoms with Crippen molar-refractivity contribution in [2.75, 3.05) is 42.5 Å². The molecule has 1 aromatic rings. The first-order valence-corrected chi connectivity index (χ1v) is 10.3. The Labute approximate surface area is 166 Å². The van der Waals surface area contributed by atoms with Crippen molar-refractivity contribution < 1.29 is 14.4 Å². The standard InChI is InChI=1S/C21H30N4O3/c1-4-22-19(26)14-25-18-13-15(20(27)23(5-2)6-3)10-11-16(18)24-12-8-7-9-17(24)21(25)28/h10-11,13,17H,4-9,12,14H2,1-3H3,(H,22,26). The molecule has 0 bridgehead atoms. The zero-order valence-electron chi connectivity index (χ0n) is 17.0. The number of rotatable bonds is 6. The molecule has 1 aromatic carbocycles. The molecule has 7 nitrogen and oxygen atoms in total. The van der Waals surface area contributed by atoms with Gasteiger partial charge in [0.2, 0.25) is 11.8 Å². The van der Waals surface area contributed by atoms with Gasteiger partial charge in [-0.25, -0.2) is 0 Å². The van der Waals surface area contributed by atoms with Gasteiger partial charge in [0.05, 0.1) is 11.4 Å². The molecule has 1 atom stereocenters. The lowest BCUT2D eigenvalue weighted by atomic mass is 9.95.